The fourth-order valence-electron chi connectivity index (χ4n) is 7.54. The average molecular weight is 501 g/mol. The van der Waals surface area contributed by atoms with Gasteiger partial charge in [-0.15, -0.1) is 0 Å². The molecule has 190 valence electrons. The van der Waals surface area contributed by atoms with Crippen molar-refractivity contribution in [1.82, 2.24) is 9.97 Å². The van der Waals surface area contributed by atoms with Crippen molar-refractivity contribution in [3.8, 4) is 5.75 Å². The van der Waals surface area contributed by atoms with Crippen LogP contribution >= 0.6 is 0 Å². The first-order valence-electron chi connectivity index (χ1n) is 13.7. The van der Waals surface area contributed by atoms with E-state index < -0.39 is 0 Å². The second kappa shape index (κ2) is 8.10. The molecule has 0 amide bonds. The van der Waals surface area contributed by atoms with Crippen LogP contribution in [0.3, 0.4) is 0 Å². The molecule has 0 radical (unpaired) electrons. The van der Waals surface area contributed by atoms with Crippen molar-refractivity contribution in [1.29, 1.82) is 0 Å². The lowest BCUT2D eigenvalue weighted by Crippen LogP contribution is -2.55. The zero-order chi connectivity index (χ0) is 26.2. The van der Waals surface area contributed by atoms with E-state index in [0.717, 1.165) is 51.4 Å². The van der Waals surface area contributed by atoms with Gasteiger partial charge >= 0.3 is 0 Å². The van der Waals surface area contributed by atoms with E-state index in [0.29, 0.717) is 23.0 Å². The molecule has 0 N–H and O–H groups in total. The Morgan fingerprint density at radius 3 is 2.32 bits per heavy atom. The molecule has 5 aromatic rings. The topological polar surface area (TPSA) is 52.1 Å². The van der Waals surface area contributed by atoms with Crippen molar-refractivity contribution in [2.45, 2.75) is 58.0 Å². The number of fused-ring (bicyclic) bond motifs is 9. The van der Waals surface area contributed by atoms with E-state index in [1.54, 1.807) is 0 Å². The van der Waals surface area contributed by atoms with E-state index in [1.165, 1.54) is 12.0 Å². The fraction of sp³-hybridized carbons (Fsp3) is 0.324. The lowest BCUT2D eigenvalue weighted by atomic mass is 9.55. The number of aromatic nitrogens is 2. The monoisotopic (exact) mass is 500 g/mol. The van der Waals surface area contributed by atoms with Crippen LogP contribution in [0.1, 0.15) is 68.4 Å². The van der Waals surface area contributed by atoms with Crippen molar-refractivity contribution in [2.75, 3.05) is 0 Å². The van der Waals surface area contributed by atoms with Gasteiger partial charge < -0.3 is 4.74 Å². The van der Waals surface area contributed by atoms with E-state index in [4.69, 9.17) is 14.7 Å². The Bertz CT molecular complexity index is 1760. The predicted octanol–water partition coefficient (Wildman–Crippen LogP) is 8.03. The summed E-state index contributed by atoms with van der Waals surface area (Å²) in [6, 6.07) is 23.5. The SMILES string of the molecule is C[C@H]1CC[C@@H]2C(C)(C)Oc3c(c4nc5ccc(C(=O)c6ccccc6)cc5nc4c4ccccc34)[C@@]2(C)C1. The molecule has 4 nitrogen and oxygen atoms in total. The first-order valence-corrected chi connectivity index (χ1v) is 13.7. The van der Waals surface area contributed by atoms with Crippen LogP contribution in [-0.2, 0) is 5.41 Å². The van der Waals surface area contributed by atoms with Crippen LogP contribution in [0.25, 0.3) is 32.8 Å². The van der Waals surface area contributed by atoms with Gasteiger partial charge in [-0.2, -0.15) is 0 Å². The minimum absolute atomic E-state index is 0.00752. The number of hydrogen-bond acceptors (Lipinski definition) is 4. The molecule has 4 aromatic carbocycles. The zero-order valence-corrected chi connectivity index (χ0v) is 22.4. The lowest BCUT2D eigenvalue weighted by Gasteiger charge is -2.55. The van der Waals surface area contributed by atoms with E-state index in [-0.39, 0.29) is 16.8 Å². The number of carbonyl (C=O) groups is 1. The molecule has 0 saturated heterocycles. The first-order chi connectivity index (χ1) is 18.3. The van der Waals surface area contributed by atoms with Crippen molar-refractivity contribution in [3.63, 3.8) is 0 Å². The highest BCUT2D eigenvalue weighted by Crippen LogP contribution is 2.59. The minimum atomic E-state index is -0.269. The molecule has 4 heteroatoms. The summed E-state index contributed by atoms with van der Waals surface area (Å²) in [5, 5.41) is 2.13. The Hall–Kier alpha value is -3.79. The van der Waals surface area contributed by atoms with Crippen LogP contribution in [0.2, 0.25) is 0 Å². The highest BCUT2D eigenvalue weighted by molar-refractivity contribution is 6.13. The Kier molecular flexibility index (Phi) is 4.98. The first kappa shape index (κ1) is 23.3. The van der Waals surface area contributed by atoms with Crippen LogP contribution in [0.15, 0.2) is 72.8 Å². The van der Waals surface area contributed by atoms with Gasteiger partial charge in [0, 0.05) is 38.8 Å². The molecule has 0 spiro atoms. The van der Waals surface area contributed by atoms with Gasteiger partial charge in [-0.25, -0.2) is 9.97 Å². The van der Waals surface area contributed by atoms with Crippen molar-refractivity contribution < 1.29 is 9.53 Å². The summed E-state index contributed by atoms with van der Waals surface area (Å²) < 4.78 is 6.91. The molecule has 1 fully saturated rings. The number of rotatable bonds is 2. The molecule has 3 atom stereocenters. The molecule has 38 heavy (non-hydrogen) atoms. The molecule has 0 bridgehead atoms. The third kappa shape index (κ3) is 3.32. The second-order valence-electron chi connectivity index (χ2n) is 12.1. The highest BCUT2D eigenvalue weighted by atomic mass is 16.5. The molecule has 2 heterocycles. The normalized spacial score (nSPS) is 24.1. The van der Waals surface area contributed by atoms with Crippen LogP contribution in [0.5, 0.6) is 5.75 Å². The standard InChI is InChI=1S/C34H32N2O2/c1-20-14-17-27-33(2,3)38-32-24-13-9-8-12-23(24)29-30(28(32)34(27,4)19-20)35-25-16-15-22(18-26(25)36-29)31(37)21-10-6-5-7-11-21/h5-13,15-16,18,20,27H,14,17,19H2,1-4H3/t20-,27+,34-/m0/s1. The van der Waals surface area contributed by atoms with E-state index in [1.807, 2.05) is 48.5 Å². The van der Waals surface area contributed by atoms with E-state index >= 15 is 0 Å². The molecule has 1 aromatic heterocycles. The van der Waals surface area contributed by atoms with Gasteiger partial charge in [0.2, 0.25) is 0 Å². The summed E-state index contributed by atoms with van der Waals surface area (Å²) in [5.41, 5.74) is 5.53. The molecule has 0 unspecified atom stereocenters. The van der Waals surface area contributed by atoms with Crippen molar-refractivity contribution in [3.05, 3.63) is 89.5 Å². The van der Waals surface area contributed by atoms with Gasteiger partial charge in [0.15, 0.2) is 5.78 Å². The molecule has 2 aliphatic rings. The highest BCUT2D eigenvalue weighted by Gasteiger charge is 2.54. The minimum Gasteiger partial charge on any atom is -0.486 e. The summed E-state index contributed by atoms with van der Waals surface area (Å²) in [6.07, 6.45) is 3.47. The molecule has 1 saturated carbocycles. The molecular weight excluding hydrogens is 468 g/mol. The number of ketones is 1. The Morgan fingerprint density at radius 2 is 1.53 bits per heavy atom. The second-order valence-corrected chi connectivity index (χ2v) is 12.1. The van der Waals surface area contributed by atoms with Gasteiger partial charge in [0.05, 0.1) is 22.1 Å². The van der Waals surface area contributed by atoms with Crippen molar-refractivity contribution in [2.24, 2.45) is 11.8 Å². The summed E-state index contributed by atoms with van der Waals surface area (Å²) in [5.74, 6) is 1.99. The number of hydrogen-bond donors (Lipinski definition) is 0. The van der Waals surface area contributed by atoms with E-state index in [2.05, 4.69) is 52.0 Å². The number of benzene rings is 4. The Morgan fingerprint density at radius 1 is 0.816 bits per heavy atom. The quantitative estimate of drug-likeness (QED) is 0.140. The smallest absolute Gasteiger partial charge is 0.193 e. The molecule has 7 rings (SSSR count). The zero-order valence-electron chi connectivity index (χ0n) is 22.4. The van der Waals surface area contributed by atoms with Crippen LogP contribution in [0.4, 0.5) is 0 Å². The van der Waals surface area contributed by atoms with Crippen LogP contribution in [0, 0.1) is 11.8 Å². The maximum atomic E-state index is 13.2. The number of ether oxygens (including phenoxy) is 1. The third-order valence-electron chi connectivity index (χ3n) is 9.12. The number of carbonyl (C=O) groups excluding carboxylic acids is 1. The lowest BCUT2D eigenvalue weighted by molar-refractivity contribution is -0.0458. The largest absolute Gasteiger partial charge is 0.486 e. The number of nitrogens with zero attached hydrogens (tertiary/aromatic N) is 2. The molecule has 1 aliphatic heterocycles. The molecule has 1 aliphatic carbocycles. The van der Waals surface area contributed by atoms with E-state index in [9.17, 15) is 4.79 Å². The summed E-state index contributed by atoms with van der Waals surface area (Å²) >= 11 is 0. The average Bonchev–Trinajstić information content (AvgIpc) is 2.91. The third-order valence-corrected chi connectivity index (χ3v) is 9.12. The van der Waals surface area contributed by atoms with Gasteiger partial charge in [-0.05, 0) is 50.8 Å². The van der Waals surface area contributed by atoms with Gasteiger partial charge in [0.25, 0.3) is 0 Å². The maximum absolute atomic E-state index is 13.2. The van der Waals surface area contributed by atoms with Gasteiger partial charge in [0.1, 0.15) is 11.4 Å². The van der Waals surface area contributed by atoms with Crippen molar-refractivity contribution >= 4 is 38.6 Å². The maximum Gasteiger partial charge on any atom is 0.193 e. The Labute approximate surface area is 223 Å². The van der Waals surface area contributed by atoms with Gasteiger partial charge in [-0.3, -0.25) is 4.79 Å². The summed E-state index contributed by atoms with van der Waals surface area (Å²) in [7, 11) is 0. The fourth-order valence-corrected chi connectivity index (χ4v) is 7.54. The molecular formula is C34H32N2O2. The predicted molar refractivity (Wildman–Crippen MR) is 153 cm³/mol. The van der Waals surface area contributed by atoms with Crippen LogP contribution in [-0.4, -0.2) is 21.4 Å². The van der Waals surface area contributed by atoms with Gasteiger partial charge in [-0.1, -0.05) is 74.9 Å². The van der Waals surface area contributed by atoms with Crippen LogP contribution < -0.4 is 4.74 Å². The Balaban J connectivity index is 1.53. The summed E-state index contributed by atoms with van der Waals surface area (Å²) in [4.78, 5) is 23.7. The summed E-state index contributed by atoms with van der Waals surface area (Å²) in [6.45, 7) is 9.31.